The highest BCUT2D eigenvalue weighted by Gasteiger charge is 2.25. The molecule has 0 radical (unpaired) electrons. The second-order valence-electron chi connectivity index (χ2n) is 6.33. The van der Waals surface area contributed by atoms with Gasteiger partial charge in [0.2, 0.25) is 0 Å². The summed E-state index contributed by atoms with van der Waals surface area (Å²) >= 11 is 2.97. The van der Waals surface area contributed by atoms with Crippen molar-refractivity contribution in [1.82, 2.24) is 0 Å². The van der Waals surface area contributed by atoms with Gasteiger partial charge >= 0.3 is 10.1 Å². The first-order valence-corrected chi connectivity index (χ1v) is 12.2. The van der Waals surface area contributed by atoms with E-state index in [-0.39, 0.29) is 11.7 Å². The molecule has 2 aliphatic heterocycles. The molecule has 2 heterocycles. The number of thioether (sulfide) groups is 2. The maximum atomic E-state index is 11.7. The third-order valence-corrected chi connectivity index (χ3v) is 7.55. The lowest BCUT2D eigenvalue weighted by molar-refractivity contribution is 0.340. The summed E-state index contributed by atoms with van der Waals surface area (Å²) in [6.07, 6.45) is 13.0. The molecule has 5 nitrogen and oxygen atoms in total. The van der Waals surface area contributed by atoms with E-state index >= 15 is 0 Å². The molecule has 3 aliphatic rings. The van der Waals surface area contributed by atoms with Crippen LogP contribution >= 0.6 is 23.5 Å². The van der Waals surface area contributed by atoms with Crippen LogP contribution in [0.5, 0.6) is 0 Å². The van der Waals surface area contributed by atoms with Crippen molar-refractivity contribution >= 4 is 38.7 Å². The molecule has 1 aliphatic carbocycles. The number of nitrogens with zero attached hydrogens (tertiary/aromatic N) is 2. The van der Waals surface area contributed by atoms with Crippen LogP contribution in [0.1, 0.15) is 26.7 Å². The zero-order chi connectivity index (χ0) is 20.1. The lowest BCUT2D eigenvalue weighted by Crippen LogP contribution is -2.09. The maximum absolute atomic E-state index is 11.7. The summed E-state index contributed by atoms with van der Waals surface area (Å²) in [6, 6.07) is 2.37. The Labute approximate surface area is 174 Å². The van der Waals surface area contributed by atoms with Gasteiger partial charge in [-0.1, -0.05) is 55.1 Å². The van der Waals surface area contributed by atoms with Crippen LogP contribution in [-0.2, 0) is 14.4 Å². The quantitative estimate of drug-likeness (QED) is 0.440. The van der Waals surface area contributed by atoms with Gasteiger partial charge in [-0.05, 0) is 41.5 Å². The summed E-state index contributed by atoms with van der Waals surface area (Å²) in [5.74, 6) is -0.0111. The van der Waals surface area contributed by atoms with Gasteiger partial charge in [0.1, 0.15) is 11.1 Å². The summed E-state index contributed by atoms with van der Waals surface area (Å²) in [5, 5.41) is 16.0. The van der Waals surface area contributed by atoms with Gasteiger partial charge in [-0.25, -0.2) is 0 Å². The van der Waals surface area contributed by atoms with Crippen molar-refractivity contribution in [2.24, 2.45) is 11.1 Å². The van der Waals surface area contributed by atoms with Crippen molar-refractivity contribution in [2.45, 2.75) is 26.7 Å². The van der Waals surface area contributed by atoms with Gasteiger partial charge < -0.3 is 0 Å². The monoisotopic (exact) mass is 432 g/mol. The largest absolute Gasteiger partial charge is 0.328 e. The third-order valence-electron chi connectivity index (χ3n) is 4.34. The van der Waals surface area contributed by atoms with Crippen LogP contribution in [0.4, 0.5) is 0 Å². The van der Waals surface area contributed by atoms with E-state index in [1.165, 1.54) is 11.8 Å². The predicted octanol–water partition coefficient (Wildman–Crippen LogP) is 5.17. The first kappa shape index (κ1) is 20.8. The van der Waals surface area contributed by atoms with Gasteiger partial charge in [0.25, 0.3) is 0 Å². The Morgan fingerprint density at radius 3 is 2.89 bits per heavy atom. The topological polar surface area (TPSA) is 79.5 Å². The molecular formula is C20H20N2O3S3. The molecule has 0 spiro atoms. The first-order chi connectivity index (χ1) is 13.4. The number of oxime groups is 1. The molecular weight excluding hydrogens is 412 g/mol. The minimum absolute atomic E-state index is 0.0459. The van der Waals surface area contributed by atoms with Gasteiger partial charge in [-0.2, -0.15) is 13.7 Å². The van der Waals surface area contributed by atoms with Crippen LogP contribution in [0, 0.1) is 17.2 Å². The second kappa shape index (κ2) is 9.03. The third kappa shape index (κ3) is 4.72. The molecule has 0 saturated carbocycles. The highest BCUT2D eigenvalue weighted by atomic mass is 32.2. The number of hydrogen-bond acceptors (Lipinski definition) is 7. The number of hydrogen-bond donors (Lipinski definition) is 0. The molecule has 0 N–H and O–H groups in total. The Balaban J connectivity index is 1.80. The number of nitriles is 1. The molecule has 146 valence electrons. The Morgan fingerprint density at radius 1 is 1.39 bits per heavy atom. The van der Waals surface area contributed by atoms with Crippen LogP contribution < -0.4 is 0 Å². The van der Waals surface area contributed by atoms with Gasteiger partial charge in [0.05, 0.1) is 11.3 Å². The normalized spacial score (nSPS) is 27.2. The molecule has 0 aromatic heterocycles. The highest BCUT2D eigenvalue weighted by Crippen LogP contribution is 2.42. The summed E-state index contributed by atoms with van der Waals surface area (Å²) in [6.45, 7) is 3.85. The van der Waals surface area contributed by atoms with E-state index in [9.17, 15) is 13.7 Å². The molecule has 3 rings (SSSR count). The lowest BCUT2D eigenvalue weighted by Gasteiger charge is -2.22. The van der Waals surface area contributed by atoms with E-state index in [0.29, 0.717) is 11.5 Å². The van der Waals surface area contributed by atoms with Crippen LogP contribution in [0.15, 0.2) is 73.5 Å². The average Bonchev–Trinajstić information content (AvgIpc) is 3.34. The lowest BCUT2D eigenvalue weighted by atomic mass is 9.84. The van der Waals surface area contributed by atoms with Crippen LogP contribution in [-0.4, -0.2) is 19.2 Å². The smallest absolute Gasteiger partial charge is 0.267 e. The maximum Gasteiger partial charge on any atom is 0.328 e. The van der Waals surface area contributed by atoms with E-state index in [0.717, 1.165) is 33.0 Å². The highest BCUT2D eigenvalue weighted by molar-refractivity contribution is 8.18. The fourth-order valence-corrected chi connectivity index (χ4v) is 5.58. The molecule has 1 atom stereocenters. The van der Waals surface area contributed by atoms with E-state index in [1.54, 1.807) is 24.8 Å². The fourth-order valence-electron chi connectivity index (χ4n) is 3.00. The van der Waals surface area contributed by atoms with Crippen molar-refractivity contribution in [1.29, 1.82) is 5.26 Å². The molecule has 0 fully saturated rings. The standard InChI is InChI=1S/C20H20N2O3S3/c1-3-12-28(23,24)25-22-20-10-9-19(27-20)16-7-4-6-15(14(16)2)17(13-21)18-8-5-11-26-18/h4-7,9-11,14H,3,8,12H2,1-2H3. The summed E-state index contributed by atoms with van der Waals surface area (Å²) in [5.41, 5.74) is 2.81. The predicted molar refractivity (Wildman–Crippen MR) is 117 cm³/mol. The minimum Gasteiger partial charge on any atom is -0.267 e. The second-order valence-corrected chi connectivity index (χ2v) is 10.1. The van der Waals surface area contributed by atoms with E-state index in [1.807, 2.05) is 29.7 Å². The Morgan fingerprint density at radius 2 is 2.21 bits per heavy atom. The van der Waals surface area contributed by atoms with Crippen molar-refractivity contribution < 1.29 is 12.7 Å². The first-order valence-electron chi connectivity index (χ1n) is 8.88. The van der Waals surface area contributed by atoms with Crippen molar-refractivity contribution in [3.8, 4) is 6.07 Å². The van der Waals surface area contributed by atoms with Gasteiger partial charge in [-0.3, -0.25) is 4.28 Å². The van der Waals surface area contributed by atoms with Gasteiger partial charge in [0, 0.05) is 15.7 Å². The van der Waals surface area contributed by atoms with Crippen molar-refractivity contribution in [3.05, 3.63) is 68.4 Å². The summed E-state index contributed by atoms with van der Waals surface area (Å²) in [7, 11) is -3.63. The molecule has 0 aromatic rings. The minimum atomic E-state index is -3.63. The number of rotatable bonds is 5. The molecule has 8 heteroatoms. The molecule has 0 bridgehead atoms. The van der Waals surface area contributed by atoms with Crippen molar-refractivity contribution in [3.63, 3.8) is 0 Å². The summed E-state index contributed by atoms with van der Waals surface area (Å²) < 4.78 is 28.1. The van der Waals surface area contributed by atoms with Gasteiger partial charge in [-0.15, -0.1) is 11.8 Å². The Kier molecular flexibility index (Phi) is 6.70. The van der Waals surface area contributed by atoms with Crippen LogP contribution in [0.3, 0.4) is 0 Å². The Hall–Kier alpha value is -1.95. The van der Waals surface area contributed by atoms with Crippen LogP contribution in [0.2, 0.25) is 0 Å². The molecule has 28 heavy (non-hydrogen) atoms. The average molecular weight is 433 g/mol. The fraction of sp³-hybridized carbons (Fsp3) is 0.300. The zero-order valence-electron chi connectivity index (χ0n) is 15.6. The van der Waals surface area contributed by atoms with E-state index < -0.39 is 10.1 Å². The van der Waals surface area contributed by atoms with E-state index in [2.05, 4.69) is 24.2 Å². The summed E-state index contributed by atoms with van der Waals surface area (Å²) in [4.78, 5) is 2.05. The van der Waals surface area contributed by atoms with Crippen LogP contribution in [0.25, 0.3) is 0 Å². The molecule has 0 amide bonds. The zero-order valence-corrected chi connectivity index (χ0v) is 18.0. The number of allylic oxidation sites excluding steroid dienone is 9. The SMILES string of the molecule is CCCS(=O)(=O)ON=C1C=CC(=C2C=CC=C(C(C#N)=C3CC=CS3)C2C)S1. The molecule has 0 aromatic carbocycles. The van der Waals surface area contributed by atoms with Gasteiger partial charge in [0.15, 0.2) is 0 Å². The Bertz CT molecular complexity index is 1010. The van der Waals surface area contributed by atoms with E-state index in [4.69, 9.17) is 4.28 Å². The molecule has 1 unspecified atom stereocenters. The van der Waals surface area contributed by atoms with Crippen molar-refractivity contribution in [2.75, 3.05) is 5.75 Å². The molecule has 0 saturated heterocycles.